The average molecular weight is 256 g/mol. The number of nitrogens with zero attached hydrogens (tertiary/aromatic N) is 1. The average Bonchev–Trinajstić information content (AvgIpc) is 2.42. The molecule has 2 aromatic rings. The maximum absolute atomic E-state index is 5.70. The predicted molar refractivity (Wildman–Crippen MR) is 76.6 cm³/mol. The van der Waals surface area contributed by atoms with Crippen LogP contribution in [0.2, 0.25) is 0 Å². The molecular weight excluding hydrogens is 240 g/mol. The molecule has 0 saturated carbocycles. The van der Waals surface area contributed by atoms with Gasteiger partial charge in [0.25, 0.3) is 0 Å². The van der Waals surface area contributed by atoms with Crippen molar-refractivity contribution in [2.75, 3.05) is 12.8 Å². The van der Waals surface area contributed by atoms with Gasteiger partial charge in [-0.25, -0.2) is 0 Å². The lowest BCUT2D eigenvalue weighted by molar-refractivity contribution is 0.213. The maximum atomic E-state index is 5.70. The van der Waals surface area contributed by atoms with Crippen molar-refractivity contribution in [3.05, 3.63) is 54.1 Å². The summed E-state index contributed by atoms with van der Waals surface area (Å²) in [4.78, 5) is 4.74. The minimum Gasteiger partial charge on any atom is -0.457 e. The van der Waals surface area contributed by atoms with Crippen LogP contribution in [-0.4, -0.2) is 12.8 Å². The summed E-state index contributed by atoms with van der Waals surface area (Å²) in [5, 5.41) is 3.88. The van der Waals surface area contributed by atoms with Crippen LogP contribution in [0.5, 0.6) is 11.5 Å². The Bertz CT molecular complexity index is 560. The summed E-state index contributed by atoms with van der Waals surface area (Å²) in [7, 11) is 1.53. The third-order valence-corrected chi connectivity index (χ3v) is 2.62. The first-order valence-corrected chi connectivity index (χ1v) is 5.90. The van der Waals surface area contributed by atoms with E-state index >= 15 is 0 Å². The molecule has 2 N–H and O–H groups in total. The fourth-order valence-electron chi connectivity index (χ4n) is 1.63. The summed E-state index contributed by atoms with van der Waals surface area (Å²) in [6, 6.07) is 14.9. The van der Waals surface area contributed by atoms with Gasteiger partial charge in [0.15, 0.2) is 0 Å². The van der Waals surface area contributed by atoms with E-state index in [4.69, 9.17) is 15.3 Å². The standard InChI is InChI=1S/C15H16N2O2/c1-11(17-18-2)12-3-7-14(8-4-12)19-15-9-5-13(16)6-10-15/h3-10H,16H2,1-2H3/b17-11+. The highest BCUT2D eigenvalue weighted by atomic mass is 16.6. The number of ether oxygens (including phenoxy) is 1. The Morgan fingerprint density at radius 1 is 0.947 bits per heavy atom. The van der Waals surface area contributed by atoms with Gasteiger partial charge in [0.05, 0.1) is 5.71 Å². The van der Waals surface area contributed by atoms with Crippen LogP contribution in [-0.2, 0) is 4.84 Å². The predicted octanol–water partition coefficient (Wildman–Crippen LogP) is 3.43. The summed E-state index contributed by atoms with van der Waals surface area (Å²) >= 11 is 0. The molecule has 0 bridgehead atoms. The quantitative estimate of drug-likeness (QED) is 0.518. The number of nitrogens with two attached hydrogens (primary N) is 1. The Morgan fingerprint density at radius 3 is 2.00 bits per heavy atom. The largest absolute Gasteiger partial charge is 0.457 e. The molecule has 0 saturated heterocycles. The molecule has 0 aliphatic rings. The van der Waals surface area contributed by atoms with Crippen molar-refractivity contribution in [2.24, 2.45) is 5.16 Å². The topological polar surface area (TPSA) is 56.8 Å². The molecule has 0 aromatic heterocycles. The van der Waals surface area contributed by atoms with Crippen molar-refractivity contribution < 1.29 is 9.57 Å². The van der Waals surface area contributed by atoms with Crippen LogP contribution in [0.15, 0.2) is 53.7 Å². The number of anilines is 1. The molecule has 4 heteroatoms. The van der Waals surface area contributed by atoms with E-state index in [1.165, 1.54) is 7.11 Å². The lowest BCUT2D eigenvalue weighted by atomic mass is 10.1. The monoisotopic (exact) mass is 256 g/mol. The number of nitrogen functional groups attached to an aromatic ring is 1. The summed E-state index contributed by atoms with van der Waals surface area (Å²) in [6.45, 7) is 1.89. The SMILES string of the molecule is CO/N=C(\C)c1ccc(Oc2ccc(N)cc2)cc1. The molecule has 0 unspecified atom stereocenters. The molecule has 2 rings (SSSR count). The summed E-state index contributed by atoms with van der Waals surface area (Å²) in [6.07, 6.45) is 0. The second-order valence-electron chi connectivity index (χ2n) is 4.05. The molecule has 0 radical (unpaired) electrons. The summed E-state index contributed by atoms with van der Waals surface area (Å²) in [5.74, 6) is 1.52. The van der Waals surface area contributed by atoms with Gasteiger partial charge in [-0.2, -0.15) is 0 Å². The Hall–Kier alpha value is -2.49. The van der Waals surface area contributed by atoms with Gasteiger partial charge in [0, 0.05) is 5.69 Å². The second-order valence-corrected chi connectivity index (χ2v) is 4.05. The molecule has 0 heterocycles. The minimum absolute atomic E-state index is 0.717. The van der Waals surface area contributed by atoms with Crippen molar-refractivity contribution in [2.45, 2.75) is 6.92 Å². The van der Waals surface area contributed by atoms with Crippen molar-refractivity contribution in [1.29, 1.82) is 0 Å². The van der Waals surface area contributed by atoms with Crippen LogP contribution in [0.3, 0.4) is 0 Å². The van der Waals surface area contributed by atoms with Gasteiger partial charge < -0.3 is 15.3 Å². The zero-order valence-corrected chi connectivity index (χ0v) is 11.0. The van der Waals surface area contributed by atoms with Crippen LogP contribution >= 0.6 is 0 Å². The third-order valence-electron chi connectivity index (χ3n) is 2.62. The highest BCUT2D eigenvalue weighted by molar-refractivity contribution is 5.98. The summed E-state index contributed by atoms with van der Waals surface area (Å²) in [5.41, 5.74) is 8.15. The molecule has 0 fully saturated rings. The fraction of sp³-hybridized carbons (Fsp3) is 0.133. The fourth-order valence-corrected chi connectivity index (χ4v) is 1.63. The number of hydrogen-bond donors (Lipinski definition) is 1. The lowest BCUT2D eigenvalue weighted by Crippen LogP contribution is -1.95. The smallest absolute Gasteiger partial charge is 0.127 e. The minimum atomic E-state index is 0.717. The van der Waals surface area contributed by atoms with Gasteiger partial charge in [0.2, 0.25) is 0 Å². The van der Waals surface area contributed by atoms with Crippen molar-refractivity contribution in [3.8, 4) is 11.5 Å². The molecule has 19 heavy (non-hydrogen) atoms. The van der Waals surface area contributed by atoms with E-state index < -0.39 is 0 Å². The number of oxime groups is 1. The van der Waals surface area contributed by atoms with Crippen molar-refractivity contribution >= 4 is 11.4 Å². The number of hydrogen-bond acceptors (Lipinski definition) is 4. The van der Waals surface area contributed by atoms with Crippen LogP contribution in [0.4, 0.5) is 5.69 Å². The Balaban J connectivity index is 2.10. The molecule has 2 aromatic carbocycles. The van der Waals surface area contributed by atoms with E-state index in [9.17, 15) is 0 Å². The molecule has 4 nitrogen and oxygen atoms in total. The first-order chi connectivity index (χ1) is 9.19. The first kappa shape index (κ1) is 13.0. The van der Waals surface area contributed by atoms with Gasteiger partial charge in [-0.15, -0.1) is 0 Å². The molecular formula is C15H16N2O2. The maximum Gasteiger partial charge on any atom is 0.127 e. The van der Waals surface area contributed by atoms with Crippen molar-refractivity contribution in [1.82, 2.24) is 0 Å². The van der Waals surface area contributed by atoms with Crippen LogP contribution < -0.4 is 10.5 Å². The molecule has 0 atom stereocenters. The van der Waals surface area contributed by atoms with Crippen molar-refractivity contribution in [3.63, 3.8) is 0 Å². The highest BCUT2D eigenvalue weighted by Gasteiger charge is 2.00. The molecule has 0 aliphatic carbocycles. The molecule has 0 spiro atoms. The zero-order chi connectivity index (χ0) is 13.7. The van der Waals surface area contributed by atoms with Gasteiger partial charge in [-0.1, -0.05) is 5.16 Å². The first-order valence-electron chi connectivity index (χ1n) is 5.90. The van der Waals surface area contributed by atoms with Gasteiger partial charge >= 0.3 is 0 Å². The van der Waals surface area contributed by atoms with Crippen LogP contribution in [0.1, 0.15) is 12.5 Å². The van der Waals surface area contributed by atoms with Gasteiger partial charge in [-0.3, -0.25) is 0 Å². The number of rotatable bonds is 4. The molecule has 0 amide bonds. The van der Waals surface area contributed by atoms with E-state index in [0.717, 1.165) is 22.8 Å². The van der Waals surface area contributed by atoms with E-state index in [1.54, 1.807) is 12.1 Å². The van der Waals surface area contributed by atoms with E-state index in [-0.39, 0.29) is 0 Å². The highest BCUT2D eigenvalue weighted by Crippen LogP contribution is 2.22. The van der Waals surface area contributed by atoms with Crippen LogP contribution in [0.25, 0.3) is 0 Å². The van der Waals surface area contributed by atoms with Gasteiger partial charge in [0.1, 0.15) is 18.6 Å². The summed E-state index contributed by atoms with van der Waals surface area (Å²) < 4.78 is 5.70. The van der Waals surface area contributed by atoms with E-state index in [0.29, 0.717) is 5.69 Å². The normalized spacial score (nSPS) is 11.2. The second kappa shape index (κ2) is 5.91. The van der Waals surface area contributed by atoms with E-state index in [2.05, 4.69) is 5.16 Å². The molecule has 0 aliphatic heterocycles. The number of benzene rings is 2. The Morgan fingerprint density at radius 2 is 1.47 bits per heavy atom. The molecule has 98 valence electrons. The van der Waals surface area contributed by atoms with E-state index in [1.807, 2.05) is 43.3 Å². The Kier molecular flexibility index (Phi) is 4.03. The lowest BCUT2D eigenvalue weighted by Gasteiger charge is -2.07. The zero-order valence-electron chi connectivity index (χ0n) is 11.0. The third kappa shape index (κ3) is 3.48. The van der Waals surface area contributed by atoms with Gasteiger partial charge in [-0.05, 0) is 61.0 Å². The Labute approximate surface area is 112 Å². The van der Waals surface area contributed by atoms with Crippen LogP contribution in [0, 0.1) is 0 Å².